The SMILES string of the molecule is C=CC.c1ccc(-c2ccc(N(c3ccc(-c4ccc(N(c5ccccc5)c5ccc6ccc7ccccc7c6c5)cc4)cc3)c3cccc4c3oc3ccccc34)cc2)cc1. The monoisotopic (exact) mass is 796 g/mol. The molecule has 10 aromatic carbocycles. The molecule has 0 bridgehead atoms. The van der Waals surface area contributed by atoms with Crippen LogP contribution in [0.1, 0.15) is 6.92 Å². The van der Waals surface area contributed by atoms with Crippen molar-refractivity contribution in [1.29, 1.82) is 0 Å². The first kappa shape index (κ1) is 38.1. The summed E-state index contributed by atoms with van der Waals surface area (Å²) in [6.07, 6.45) is 1.75. The number of para-hydroxylation sites is 3. The van der Waals surface area contributed by atoms with E-state index in [1.54, 1.807) is 6.08 Å². The number of benzene rings is 10. The van der Waals surface area contributed by atoms with Crippen molar-refractivity contribution in [3.05, 3.63) is 243 Å². The maximum atomic E-state index is 6.58. The number of furan rings is 1. The Bertz CT molecular complexity index is 3300. The Kier molecular flexibility index (Phi) is 10.3. The molecule has 0 aliphatic carbocycles. The third kappa shape index (κ3) is 7.27. The van der Waals surface area contributed by atoms with Gasteiger partial charge in [-0.1, -0.05) is 164 Å². The lowest BCUT2D eigenvalue weighted by molar-refractivity contribution is 0.669. The van der Waals surface area contributed by atoms with Crippen molar-refractivity contribution in [2.24, 2.45) is 0 Å². The van der Waals surface area contributed by atoms with Gasteiger partial charge >= 0.3 is 0 Å². The van der Waals surface area contributed by atoms with Crippen molar-refractivity contribution >= 4 is 77.6 Å². The molecule has 0 amide bonds. The molecule has 0 fully saturated rings. The standard InChI is InChI=1S/C56H38N2O.C3H6/c1-3-12-39(13-4-1)40-26-33-47(34-27-40)58(54-20-11-19-52-51-18-9-10-21-55(51)59-56(52)54)48-35-28-42(29-36-48)41-24-31-46(32-25-41)57(45-15-5-2-6-16-45)49-37-30-44-23-22-43-14-7-8-17-50(43)53(44)38-49;1-3-2/h1-38H;3H,1H2,2H3. The molecule has 3 nitrogen and oxygen atoms in total. The van der Waals surface area contributed by atoms with E-state index in [-0.39, 0.29) is 0 Å². The van der Waals surface area contributed by atoms with Crippen LogP contribution in [0, 0.1) is 0 Å². The molecule has 62 heavy (non-hydrogen) atoms. The normalized spacial score (nSPS) is 11.0. The van der Waals surface area contributed by atoms with Crippen LogP contribution >= 0.6 is 0 Å². The molecule has 0 radical (unpaired) electrons. The molecule has 1 heterocycles. The predicted octanol–water partition coefficient (Wildman–Crippen LogP) is 17.4. The van der Waals surface area contributed by atoms with Crippen molar-refractivity contribution in [2.75, 3.05) is 9.80 Å². The van der Waals surface area contributed by atoms with Gasteiger partial charge in [0.25, 0.3) is 0 Å². The number of hydrogen-bond acceptors (Lipinski definition) is 3. The summed E-state index contributed by atoms with van der Waals surface area (Å²) in [5.74, 6) is 0. The zero-order chi connectivity index (χ0) is 41.8. The van der Waals surface area contributed by atoms with Gasteiger partial charge in [0.05, 0.1) is 5.69 Å². The van der Waals surface area contributed by atoms with Crippen LogP contribution in [-0.4, -0.2) is 0 Å². The third-order valence-electron chi connectivity index (χ3n) is 11.4. The summed E-state index contributed by atoms with van der Waals surface area (Å²) in [5.41, 5.74) is 12.8. The van der Waals surface area contributed by atoms with Crippen molar-refractivity contribution in [3.63, 3.8) is 0 Å². The molecule has 11 rings (SSSR count). The molecule has 3 heteroatoms. The van der Waals surface area contributed by atoms with Crippen LogP contribution in [0.2, 0.25) is 0 Å². The van der Waals surface area contributed by atoms with E-state index >= 15 is 0 Å². The van der Waals surface area contributed by atoms with Gasteiger partial charge < -0.3 is 14.2 Å². The van der Waals surface area contributed by atoms with Gasteiger partial charge in [0.1, 0.15) is 5.58 Å². The van der Waals surface area contributed by atoms with Gasteiger partial charge in [0, 0.05) is 39.2 Å². The smallest absolute Gasteiger partial charge is 0.159 e. The maximum absolute atomic E-state index is 6.58. The van der Waals surface area contributed by atoms with Crippen LogP contribution in [0.3, 0.4) is 0 Å². The summed E-state index contributed by atoms with van der Waals surface area (Å²) in [6.45, 7) is 5.25. The molecule has 1 aromatic heterocycles. The summed E-state index contributed by atoms with van der Waals surface area (Å²) < 4.78 is 6.58. The Labute approximate surface area is 362 Å². The Hall–Kier alpha value is -8.14. The fourth-order valence-corrected chi connectivity index (χ4v) is 8.53. The molecular formula is C59H44N2O. The van der Waals surface area contributed by atoms with Gasteiger partial charge in [0.2, 0.25) is 0 Å². The fourth-order valence-electron chi connectivity index (χ4n) is 8.53. The number of nitrogens with zero attached hydrogens (tertiary/aromatic N) is 2. The largest absolute Gasteiger partial charge is 0.454 e. The molecule has 0 spiro atoms. The fraction of sp³-hybridized carbons (Fsp3) is 0.0169. The molecule has 11 aromatic rings. The third-order valence-corrected chi connectivity index (χ3v) is 11.4. The minimum atomic E-state index is 0.864. The van der Waals surface area contributed by atoms with E-state index < -0.39 is 0 Å². The second kappa shape index (κ2) is 16.8. The molecule has 0 N–H and O–H groups in total. The second-order valence-electron chi connectivity index (χ2n) is 15.4. The zero-order valence-electron chi connectivity index (χ0n) is 34.5. The molecule has 0 unspecified atom stereocenters. The van der Waals surface area contributed by atoms with E-state index in [0.717, 1.165) is 67.2 Å². The van der Waals surface area contributed by atoms with E-state index in [9.17, 15) is 0 Å². The van der Waals surface area contributed by atoms with Crippen molar-refractivity contribution in [1.82, 2.24) is 0 Å². The highest BCUT2D eigenvalue weighted by Crippen LogP contribution is 2.43. The van der Waals surface area contributed by atoms with E-state index in [1.165, 1.54) is 32.7 Å². The van der Waals surface area contributed by atoms with Crippen molar-refractivity contribution in [2.45, 2.75) is 6.92 Å². The number of fused-ring (bicyclic) bond motifs is 6. The summed E-state index contributed by atoms with van der Waals surface area (Å²) >= 11 is 0. The van der Waals surface area contributed by atoms with Crippen LogP contribution in [0.25, 0.3) is 65.7 Å². The Balaban J connectivity index is 0.00000149. The highest BCUT2D eigenvalue weighted by atomic mass is 16.3. The minimum absolute atomic E-state index is 0.864. The van der Waals surface area contributed by atoms with Crippen molar-refractivity contribution in [3.8, 4) is 22.3 Å². The average molecular weight is 797 g/mol. The van der Waals surface area contributed by atoms with Gasteiger partial charge in [-0.2, -0.15) is 0 Å². The lowest BCUT2D eigenvalue weighted by Crippen LogP contribution is -2.10. The van der Waals surface area contributed by atoms with Gasteiger partial charge in [0.15, 0.2) is 5.58 Å². The van der Waals surface area contributed by atoms with Gasteiger partial charge in [-0.15, -0.1) is 6.58 Å². The van der Waals surface area contributed by atoms with E-state index in [2.05, 4.69) is 235 Å². The average Bonchev–Trinajstić information content (AvgIpc) is 3.73. The highest BCUT2D eigenvalue weighted by Gasteiger charge is 2.20. The van der Waals surface area contributed by atoms with Crippen LogP contribution < -0.4 is 9.80 Å². The lowest BCUT2D eigenvalue weighted by Gasteiger charge is -2.26. The number of anilines is 6. The number of allylic oxidation sites excluding steroid dienone is 1. The highest BCUT2D eigenvalue weighted by molar-refractivity contribution is 6.11. The molecule has 0 saturated heterocycles. The molecule has 0 saturated carbocycles. The summed E-state index contributed by atoms with van der Waals surface area (Å²) in [4.78, 5) is 4.64. The van der Waals surface area contributed by atoms with Crippen LogP contribution in [0.5, 0.6) is 0 Å². The number of hydrogen-bond donors (Lipinski definition) is 0. The van der Waals surface area contributed by atoms with E-state index in [4.69, 9.17) is 4.42 Å². The molecule has 0 aliphatic heterocycles. The van der Waals surface area contributed by atoms with E-state index in [0.29, 0.717) is 0 Å². The predicted molar refractivity (Wildman–Crippen MR) is 265 cm³/mol. The van der Waals surface area contributed by atoms with Gasteiger partial charge in [-0.05, 0) is 124 Å². The molecular weight excluding hydrogens is 753 g/mol. The Morgan fingerprint density at radius 2 is 0.790 bits per heavy atom. The molecule has 0 atom stereocenters. The lowest BCUT2D eigenvalue weighted by atomic mass is 10.0. The number of rotatable bonds is 8. The van der Waals surface area contributed by atoms with E-state index in [1.807, 2.05) is 19.1 Å². The summed E-state index contributed by atoms with van der Waals surface area (Å²) in [5, 5.41) is 7.20. The van der Waals surface area contributed by atoms with Crippen LogP contribution in [0.15, 0.2) is 248 Å². The minimum Gasteiger partial charge on any atom is -0.454 e. The second-order valence-corrected chi connectivity index (χ2v) is 15.4. The topological polar surface area (TPSA) is 19.6 Å². The van der Waals surface area contributed by atoms with Gasteiger partial charge in [-0.3, -0.25) is 0 Å². The first-order valence-electron chi connectivity index (χ1n) is 21.1. The first-order chi connectivity index (χ1) is 30.7. The quantitative estimate of drug-likeness (QED) is 0.113. The maximum Gasteiger partial charge on any atom is 0.159 e. The Morgan fingerprint density at radius 3 is 1.42 bits per heavy atom. The first-order valence-corrected chi connectivity index (χ1v) is 21.1. The molecule has 296 valence electrons. The Morgan fingerprint density at radius 1 is 0.355 bits per heavy atom. The van der Waals surface area contributed by atoms with Crippen LogP contribution in [0.4, 0.5) is 34.1 Å². The van der Waals surface area contributed by atoms with Crippen molar-refractivity contribution < 1.29 is 4.42 Å². The summed E-state index contributed by atoms with van der Waals surface area (Å²) in [6, 6.07) is 82.3. The van der Waals surface area contributed by atoms with Gasteiger partial charge in [-0.25, -0.2) is 0 Å². The summed E-state index contributed by atoms with van der Waals surface area (Å²) in [7, 11) is 0. The van der Waals surface area contributed by atoms with Crippen LogP contribution in [-0.2, 0) is 0 Å². The molecule has 0 aliphatic rings. The zero-order valence-corrected chi connectivity index (χ0v) is 34.5.